The second-order valence-corrected chi connectivity index (χ2v) is 15.0. The quantitative estimate of drug-likeness (QED) is 0.198. The van der Waals surface area contributed by atoms with E-state index in [4.69, 9.17) is 9.90 Å². The fourth-order valence-electron chi connectivity index (χ4n) is 8.65. The Morgan fingerprint density at radius 1 is 0.627 bits per heavy atom. The van der Waals surface area contributed by atoms with Crippen LogP contribution in [0.3, 0.4) is 0 Å². The van der Waals surface area contributed by atoms with E-state index in [9.17, 15) is 32.3 Å². The zero-order valence-electron chi connectivity index (χ0n) is 32.2. The van der Waals surface area contributed by atoms with Crippen molar-refractivity contribution >= 4 is 68.9 Å². The van der Waals surface area contributed by atoms with Crippen LogP contribution < -0.4 is 25.5 Å². The van der Waals surface area contributed by atoms with Crippen LogP contribution in [0.4, 0.5) is 24.5 Å². The van der Waals surface area contributed by atoms with Gasteiger partial charge in [0.25, 0.3) is 23.6 Å². The van der Waals surface area contributed by atoms with Gasteiger partial charge in [0.05, 0.1) is 26.2 Å². The minimum Gasteiger partial charge on any atom is -0.542 e. The molecule has 0 saturated carbocycles. The maximum Gasteiger partial charge on any atom is 0.430 e. The largest absolute Gasteiger partial charge is 0.542 e. The molecule has 14 nitrogen and oxygen atoms in total. The van der Waals surface area contributed by atoms with E-state index < -0.39 is 12.1 Å². The zero-order chi connectivity index (χ0) is 41.4. The van der Waals surface area contributed by atoms with Crippen LogP contribution in [0, 0.1) is 0 Å². The normalized spacial score (nSPS) is 18.4. The number of aliphatic carboxylic acids is 1. The van der Waals surface area contributed by atoms with Gasteiger partial charge in [0.2, 0.25) is 6.34 Å². The van der Waals surface area contributed by atoms with Crippen LogP contribution in [0.5, 0.6) is 0 Å². The molecule has 9 rings (SSSR count). The third-order valence-electron chi connectivity index (χ3n) is 11.5. The molecule has 0 radical (unpaired) electrons. The van der Waals surface area contributed by atoms with Gasteiger partial charge in [0, 0.05) is 114 Å². The highest BCUT2D eigenvalue weighted by atomic mass is 19.4. The monoisotopic (exact) mass is 812 g/mol. The Bertz CT molecular complexity index is 2350. The molecule has 59 heavy (non-hydrogen) atoms. The molecule has 308 valence electrons. The molecule has 5 heterocycles. The predicted molar refractivity (Wildman–Crippen MR) is 212 cm³/mol. The lowest BCUT2D eigenvalue weighted by molar-refractivity contribution is -0.532. The van der Waals surface area contributed by atoms with Crippen LogP contribution in [-0.2, 0) is 4.79 Å². The molecule has 0 aromatic heterocycles. The second kappa shape index (κ2) is 16.3. The fourth-order valence-corrected chi connectivity index (χ4v) is 8.65. The lowest BCUT2D eigenvalue weighted by atomic mass is 9.92. The van der Waals surface area contributed by atoms with Gasteiger partial charge in [-0.05, 0) is 36.4 Å². The highest BCUT2D eigenvalue weighted by molar-refractivity contribution is 6.28. The summed E-state index contributed by atoms with van der Waals surface area (Å²) >= 11 is 0. The minimum atomic E-state index is -5.19. The van der Waals surface area contributed by atoms with E-state index in [1.54, 1.807) is 0 Å². The molecule has 5 aliphatic rings. The van der Waals surface area contributed by atoms with Crippen LogP contribution in [0.15, 0.2) is 60.7 Å². The molecular formula is C42H43F3N8O6. The standard InChI is InChI=1S/C40H43N8O4.C2HF3O2/c49-37-29-6-1-4-27-33(45-18-12-41-13-19-45)10-8-31(35(27)29)39(51)47(37)24-22-43-16-3-17-44(26-43)23-25-48-38(50)30-7-2-5-28-34(46-20-14-42-15-21-46)11-9-32(36(28)30)40(48)52;3-2(4,5)1(6)7/h1-2,4-11,26,41-42H,3,12-25H2;(H,6,7)/q+1;/p-1. The Balaban J connectivity index is 0.000000637. The average molecular weight is 813 g/mol. The Morgan fingerprint density at radius 2 is 1.07 bits per heavy atom. The molecule has 0 aliphatic carbocycles. The molecule has 4 aromatic rings. The first-order chi connectivity index (χ1) is 28.4. The number of benzene rings is 4. The van der Waals surface area contributed by atoms with Gasteiger partial charge in [-0.25, -0.2) is 0 Å². The van der Waals surface area contributed by atoms with E-state index in [0.717, 1.165) is 105 Å². The number of halogens is 3. The summed E-state index contributed by atoms with van der Waals surface area (Å²) in [5.74, 6) is -4.04. The first kappa shape index (κ1) is 39.7. The minimum absolute atomic E-state index is 0.257. The first-order valence-electron chi connectivity index (χ1n) is 19.8. The highest BCUT2D eigenvalue weighted by Gasteiger charge is 2.36. The summed E-state index contributed by atoms with van der Waals surface area (Å²) < 4.78 is 33.7. The summed E-state index contributed by atoms with van der Waals surface area (Å²) in [5.41, 5.74) is 4.41. The number of carbonyl (C=O) groups is 5. The number of hydrogen-bond donors (Lipinski definition) is 2. The van der Waals surface area contributed by atoms with Crippen LogP contribution >= 0.6 is 0 Å². The molecular weight excluding hydrogens is 770 g/mol. The van der Waals surface area contributed by atoms with Gasteiger partial charge in [-0.3, -0.25) is 38.5 Å². The summed E-state index contributed by atoms with van der Waals surface area (Å²) in [6.07, 6.45) is -2.29. The number of alkyl halides is 3. The van der Waals surface area contributed by atoms with Crippen molar-refractivity contribution < 1.29 is 46.8 Å². The lowest BCUT2D eigenvalue weighted by Crippen LogP contribution is -2.48. The number of carboxylic acids is 1. The van der Waals surface area contributed by atoms with Crippen LogP contribution in [0.25, 0.3) is 21.5 Å². The van der Waals surface area contributed by atoms with E-state index in [-0.39, 0.29) is 36.7 Å². The number of carbonyl (C=O) groups excluding carboxylic acids is 5. The molecule has 0 unspecified atom stereocenters. The van der Waals surface area contributed by atoms with Gasteiger partial charge in [-0.2, -0.15) is 13.2 Å². The van der Waals surface area contributed by atoms with Crippen LogP contribution in [-0.4, -0.2) is 153 Å². The molecule has 17 heteroatoms. The summed E-state index contributed by atoms with van der Waals surface area (Å²) in [4.78, 5) is 73.5. The number of anilines is 2. The molecule has 0 spiro atoms. The van der Waals surface area contributed by atoms with Crippen molar-refractivity contribution in [3.63, 3.8) is 0 Å². The van der Waals surface area contributed by atoms with Gasteiger partial charge in [-0.1, -0.05) is 24.3 Å². The van der Waals surface area contributed by atoms with E-state index in [1.165, 1.54) is 9.80 Å². The van der Waals surface area contributed by atoms with Crippen molar-refractivity contribution in [2.45, 2.75) is 12.6 Å². The molecule has 0 atom stereocenters. The summed E-state index contributed by atoms with van der Waals surface area (Å²) in [5, 5.41) is 19.0. The second-order valence-electron chi connectivity index (χ2n) is 15.0. The van der Waals surface area contributed by atoms with Crippen LogP contribution in [0.1, 0.15) is 47.9 Å². The lowest BCUT2D eigenvalue weighted by Gasteiger charge is -2.33. The van der Waals surface area contributed by atoms with Gasteiger partial charge in [0.15, 0.2) is 0 Å². The Labute approximate surface area is 337 Å². The number of nitrogens with one attached hydrogen (secondary N) is 2. The Morgan fingerprint density at radius 3 is 1.53 bits per heavy atom. The molecule has 0 bridgehead atoms. The third kappa shape index (κ3) is 7.67. The molecule has 2 fully saturated rings. The van der Waals surface area contributed by atoms with Crippen molar-refractivity contribution in [1.82, 2.24) is 25.3 Å². The maximum atomic E-state index is 13.8. The average Bonchev–Trinajstić information content (AvgIpc) is 3.25. The molecule has 4 aromatic carbocycles. The maximum absolute atomic E-state index is 13.8. The molecule has 2 saturated heterocycles. The third-order valence-corrected chi connectivity index (χ3v) is 11.5. The van der Waals surface area contributed by atoms with E-state index in [2.05, 4.69) is 29.9 Å². The van der Waals surface area contributed by atoms with E-state index >= 15 is 0 Å². The number of imide groups is 2. The van der Waals surface area contributed by atoms with Gasteiger partial charge in [0.1, 0.15) is 19.1 Å². The number of hydrogen-bond acceptors (Lipinski definition) is 11. The fraction of sp³-hybridized carbons (Fsp3) is 0.381. The van der Waals surface area contributed by atoms with Crippen molar-refractivity contribution in [2.24, 2.45) is 0 Å². The highest BCUT2D eigenvalue weighted by Crippen LogP contribution is 2.37. The summed E-state index contributed by atoms with van der Waals surface area (Å²) in [6, 6.07) is 19.3. The first-order valence-corrected chi connectivity index (χ1v) is 19.8. The number of piperazine rings is 2. The van der Waals surface area contributed by atoms with E-state index in [0.29, 0.717) is 35.3 Å². The van der Waals surface area contributed by atoms with Crippen molar-refractivity contribution in [3.8, 4) is 0 Å². The SMILES string of the molecule is O=C([O-])C(F)(F)F.O=C1c2cccc3c(N4CCNCC4)ccc(c23)C(=O)N1CCN1C=[N+](CCN2C(=O)c3cccc4c(N5CCNCC5)ccc(c34)C2=O)CCC1. The van der Waals surface area contributed by atoms with Crippen molar-refractivity contribution in [2.75, 3.05) is 101 Å². The van der Waals surface area contributed by atoms with Crippen LogP contribution in [0.2, 0.25) is 0 Å². The number of amides is 4. The van der Waals surface area contributed by atoms with E-state index in [1.807, 2.05) is 67.0 Å². The zero-order valence-corrected chi connectivity index (χ0v) is 32.2. The summed E-state index contributed by atoms with van der Waals surface area (Å²) in [7, 11) is 0. The van der Waals surface area contributed by atoms with Crippen molar-refractivity contribution in [3.05, 3.63) is 82.9 Å². The number of rotatable bonds is 8. The Kier molecular flexibility index (Phi) is 11.0. The topological polar surface area (TPSA) is 152 Å². The van der Waals surface area contributed by atoms with Gasteiger partial charge < -0.3 is 30.3 Å². The smallest absolute Gasteiger partial charge is 0.430 e. The van der Waals surface area contributed by atoms with Gasteiger partial charge in [-0.15, -0.1) is 0 Å². The summed E-state index contributed by atoms with van der Waals surface area (Å²) in [6.45, 7) is 10.2. The number of nitrogens with zero attached hydrogens (tertiary/aromatic N) is 6. The predicted octanol–water partition coefficient (Wildman–Crippen LogP) is 1.75. The van der Waals surface area contributed by atoms with Crippen molar-refractivity contribution in [1.29, 1.82) is 0 Å². The van der Waals surface area contributed by atoms with Gasteiger partial charge >= 0.3 is 6.18 Å². The Hall–Kier alpha value is -6.07. The molecule has 5 aliphatic heterocycles. The molecule has 4 amide bonds. The molecule has 2 N–H and O–H groups in total. The number of carboxylic acid groups (broad SMARTS) is 1.